The molecule has 2 aromatic rings. The molecule has 0 aliphatic heterocycles. The molecule has 0 saturated carbocycles. The largest absolute Gasteiger partial charge is 0.476 e. The van der Waals surface area contributed by atoms with E-state index < -0.39 is 5.97 Å². The molecule has 2 rings (SSSR count). The zero-order chi connectivity index (χ0) is 14.7. The van der Waals surface area contributed by atoms with Crippen molar-refractivity contribution in [1.29, 1.82) is 0 Å². The van der Waals surface area contributed by atoms with Gasteiger partial charge in [-0.2, -0.15) is 5.10 Å². The fourth-order valence-electron chi connectivity index (χ4n) is 2.26. The number of aryl methyl sites for hydroxylation is 3. The Morgan fingerprint density at radius 3 is 2.45 bits per heavy atom. The van der Waals surface area contributed by atoms with E-state index in [1.807, 2.05) is 26.0 Å². The molecule has 0 fully saturated rings. The molecule has 1 heterocycles. The number of aromatic nitrogens is 2. The lowest BCUT2D eigenvalue weighted by molar-refractivity contribution is 0.0688. The summed E-state index contributed by atoms with van der Waals surface area (Å²) in [5, 5.41) is 22.2. The van der Waals surface area contributed by atoms with Crippen LogP contribution in [-0.2, 0) is 6.42 Å². The number of hydrogen-bond donors (Lipinski definition) is 2. The molecule has 5 nitrogen and oxygen atoms in total. The Morgan fingerprint density at radius 1 is 1.25 bits per heavy atom. The summed E-state index contributed by atoms with van der Waals surface area (Å²) < 4.78 is 1.59. The van der Waals surface area contributed by atoms with Gasteiger partial charge in [0, 0.05) is 18.4 Å². The number of benzene rings is 1. The van der Waals surface area contributed by atoms with Crippen molar-refractivity contribution in [3.63, 3.8) is 0 Å². The maximum Gasteiger partial charge on any atom is 0.356 e. The molecule has 0 amide bonds. The van der Waals surface area contributed by atoms with Crippen LogP contribution in [0.15, 0.2) is 24.4 Å². The van der Waals surface area contributed by atoms with E-state index >= 15 is 0 Å². The van der Waals surface area contributed by atoms with Crippen LogP contribution in [0.4, 0.5) is 0 Å². The molecule has 1 aromatic carbocycles. The van der Waals surface area contributed by atoms with Gasteiger partial charge in [0.1, 0.15) is 0 Å². The van der Waals surface area contributed by atoms with Gasteiger partial charge in [-0.1, -0.05) is 6.07 Å². The SMILES string of the molecule is Cc1cc(C)cc(-n2cc(CCCO)c(C(=O)O)n2)c1. The standard InChI is InChI=1S/C15H18N2O3/c1-10-6-11(2)8-13(7-10)17-9-12(4-3-5-18)14(16-17)15(19)20/h6-9,18H,3-5H2,1-2H3,(H,19,20). The van der Waals surface area contributed by atoms with Crippen molar-refractivity contribution in [3.8, 4) is 5.69 Å². The van der Waals surface area contributed by atoms with Crippen molar-refractivity contribution in [2.45, 2.75) is 26.7 Å². The fraction of sp³-hybridized carbons (Fsp3) is 0.333. The molecule has 1 aromatic heterocycles. The van der Waals surface area contributed by atoms with E-state index in [2.05, 4.69) is 11.2 Å². The quantitative estimate of drug-likeness (QED) is 0.875. The molecular weight excluding hydrogens is 256 g/mol. The molecule has 5 heteroatoms. The van der Waals surface area contributed by atoms with E-state index in [-0.39, 0.29) is 12.3 Å². The molecular formula is C15H18N2O3. The van der Waals surface area contributed by atoms with Crippen LogP contribution in [0, 0.1) is 13.8 Å². The lowest BCUT2D eigenvalue weighted by atomic mass is 10.1. The first kappa shape index (κ1) is 14.3. The summed E-state index contributed by atoms with van der Waals surface area (Å²) in [6.45, 7) is 4.02. The molecule has 0 unspecified atom stereocenters. The lowest BCUT2D eigenvalue weighted by Crippen LogP contribution is -2.03. The van der Waals surface area contributed by atoms with Gasteiger partial charge in [-0.3, -0.25) is 0 Å². The summed E-state index contributed by atoms with van der Waals surface area (Å²) in [5.41, 5.74) is 3.75. The molecule has 0 radical (unpaired) electrons. The van der Waals surface area contributed by atoms with Gasteiger partial charge in [-0.15, -0.1) is 0 Å². The number of aliphatic hydroxyl groups excluding tert-OH is 1. The van der Waals surface area contributed by atoms with E-state index in [1.165, 1.54) is 0 Å². The Morgan fingerprint density at radius 2 is 1.90 bits per heavy atom. The van der Waals surface area contributed by atoms with Crippen molar-refractivity contribution >= 4 is 5.97 Å². The second kappa shape index (κ2) is 5.88. The first-order chi connectivity index (χ1) is 9.51. The van der Waals surface area contributed by atoms with Crippen LogP contribution in [0.2, 0.25) is 0 Å². The second-order valence-corrected chi connectivity index (χ2v) is 4.93. The number of carbonyl (C=O) groups is 1. The van der Waals surface area contributed by atoms with Gasteiger partial charge in [0.2, 0.25) is 0 Å². The summed E-state index contributed by atoms with van der Waals surface area (Å²) in [4.78, 5) is 11.2. The van der Waals surface area contributed by atoms with Crippen molar-refractivity contribution in [2.24, 2.45) is 0 Å². The van der Waals surface area contributed by atoms with Crippen molar-refractivity contribution in [3.05, 3.63) is 46.8 Å². The van der Waals surface area contributed by atoms with Crippen LogP contribution < -0.4 is 0 Å². The zero-order valence-electron chi connectivity index (χ0n) is 11.6. The highest BCUT2D eigenvalue weighted by molar-refractivity contribution is 5.87. The number of aromatic carboxylic acids is 1. The minimum atomic E-state index is -1.04. The third-order valence-corrected chi connectivity index (χ3v) is 3.07. The predicted octanol–water partition coefficient (Wildman–Crippen LogP) is 2.11. The van der Waals surface area contributed by atoms with Gasteiger partial charge in [0.05, 0.1) is 5.69 Å². The van der Waals surface area contributed by atoms with E-state index in [0.717, 1.165) is 16.8 Å². The van der Waals surface area contributed by atoms with Crippen LogP contribution in [0.25, 0.3) is 5.69 Å². The summed E-state index contributed by atoms with van der Waals surface area (Å²) >= 11 is 0. The van der Waals surface area contributed by atoms with E-state index in [0.29, 0.717) is 18.4 Å². The number of hydrogen-bond acceptors (Lipinski definition) is 3. The molecule has 106 valence electrons. The first-order valence-electron chi connectivity index (χ1n) is 6.52. The molecule has 0 aliphatic carbocycles. The van der Waals surface area contributed by atoms with E-state index in [4.69, 9.17) is 5.11 Å². The molecule has 0 saturated heterocycles. The smallest absolute Gasteiger partial charge is 0.356 e. The third kappa shape index (κ3) is 3.05. The normalized spacial score (nSPS) is 10.8. The van der Waals surface area contributed by atoms with Gasteiger partial charge in [-0.05, 0) is 49.9 Å². The Balaban J connectivity index is 2.44. The highest BCUT2D eigenvalue weighted by Crippen LogP contribution is 2.17. The minimum Gasteiger partial charge on any atom is -0.476 e. The maximum atomic E-state index is 11.2. The molecule has 0 bridgehead atoms. The molecule has 0 atom stereocenters. The number of nitrogens with zero attached hydrogens (tertiary/aromatic N) is 2. The lowest BCUT2D eigenvalue weighted by Gasteiger charge is -2.04. The predicted molar refractivity (Wildman–Crippen MR) is 75.4 cm³/mol. The third-order valence-electron chi connectivity index (χ3n) is 3.07. The average Bonchev–Trinajstić information content (AvgIpc) is 2.79. The van der Waals surface area contributed by atoms with Crippen LogP contribution in [0.1, 0.15) is 33.6 Å². The number of rotatable bonds is 5. The minimum absolute atomic E-state index is 0.0355. The molecule has 0 aliphatic rings. The van der Waals surface area contributed by atoms with Crippen molar-refractivity contribution in [1.82, 2.24) is 9.78 Å². The van der Waals surface area contributed by atoms with Crippen LogP contribution >= 0.6 is 0 Å². The highest BCUT2D eigenvalue weighted by Gasteiger charge is 2.16. The zero-order valence-corrected chi connectivity index (χ0v) is 11.6. The Kier molecular flexibility index (Phi) is 4.20. The molecule has 20 heavy (non-hydrogen) atoms. The second-order valence-electron chi connectivity index (χ2n) is 4.93. The number of carboxylic acid groups (broad SMARTS) is 1. The van der Waals surface area contributed by atoms with Gasteiger partial charge >= 0.3 is 5.97 Å². The van der Waals surface area contributed by atoms with Gasteiger partial charge in [0.15, 0.2) is 5.69 Å². The highest BCUT2D eigenvalue weighted by atomic mass is 16.4. The average molecular weight is 274 g/mol. The van der Waals surface area contributed by atoms with E-state index in [9.17, 15) is 9.90 Å². The molecule has 2 N–H and O–H groups in total. The molecule has 0 spiro atoms. The Hall–Kier alpha value is -2.14. The van der Waals surface area contributed by atoms with Crippen molar-refractivity contribution < 1.29 is 15.0 Å². The number of carboxylic acids is 1. The summed E-state index contributed by atoms with van der Waals surface area (Å²) in [6, 6.07) is 5.97. The van der Waals surface area contributed by atoms with Crippen LogP contribution in [0.5, 0.6) is 0 Å². The number of aliphatic hydroxyl groups is 1. The fourth-order valence-corrected chi connectivity index (χ4v) is 2.26. The van der Waals surface area contributed by atoms with E-state index in [1.54, 1.807) is 10.9 Å². The summed E-state index contributed by atoms with van der Waals surface area (Å²) in [7, 11) is 0. The first-order valence-corrected chi connectivity index (χ1v) is 6.52. The van der Waals surface area contributed by atoms with Crippen LogP contribution in [0.3, 0.4) is 0 Å². The topological polar surface area (TPSA) is 75.4 Å². The van der Waals surface area contributed by atoms with Gasteiger partial charge < -0.3 is 10.2 Å². The Bertz CT molecular complexity index is 612. The van der Waals surface area contributed by atoms with Crippen molar-refractivity contribution in [2.75, 3.05) is 6.61 Å². The van der Waals surface area contributed by atoms with Crippen LogP contribution in [-0.4, -0.2) is 32.6 Å². The maximum absolute atomic E-state index is 11.2. The van der Waals surface area contributed by atoms with Gasteiger partial charge in [-0.25, -0.2) is 9.48 Å². The summed E-state index contributed by atoms with van der Waals surface area (Å²) in [6.07, 6.45) is 2.76. The monoisotopic (exact) mass is 274 g/mol. The van der Waals surface area contributed by atoms with Gasteiger partial charge in [0.25, 0.3) is 0 Å². The Labute approximate surface area is 117 Å². The summed E-state index contributed by atoms with van der Waals surface area (Å²) in [5.74, 6) is -1.04.